The van der Waals surface area contributed by atoms with Gasteiger partial charge in [-0.1, -0.05) is 24.9 Å². The Morgan fingerprint density at radius 1 is 1.41 bits per heavy atom. The average Bonchev–Trinajstić information content (AvgIpc) is 2.26. The number of carbonyl (C=O) groups is 1. The van der Waals surface area contributed by atoms with E-state index in [1.54, 1.807) is 0 Å². The van der Waals surface area contributed by atoms with Gasteiger partial charge in [0.25, 0.3) is 0 Å². The van der Waals surface area contributed by atoms with E-state index in [1.807, 2.05) is 6.92 Å². The van der Waals surface area contributed by atoms with Gasteiger partial charge in [0, 0.05) is 0 Å². The molecule has 0 heterocycles. The van der Waals surface area contributed by atoms with Gasteiger partial charge < -0.3 is 5.11 Å². The number of carboxylic acids is 1. The topological polar surface area (TPSA) is 71.4 Å². The molecule has 0 amide bonds. The van der Waals surface area contributed by atoms with Crippen LogP contribution in [0, 0.1) is 0 Å². The Bertz CT molecular complexity index is 522. The third-order valence-electron chi connectivity index (χ3n) is 2.29. The third-order valence-corrected chi connectivity index (χ3v) is 4.42. The molecular formula is C11H13ClO4S. The van der Waals surface area contributed by atoms with Crippen LogP contribution in [0.15, 0.2) is 23.1 Å². The maximum absolute atomic E-state index is 11.8. The summed E-state index contributed by atoms with van der Waals surface area (Å²) in [5.74, 6) is -1.22. The van der Waals surface area contributed by atoms with Crippen LogP contribution in [-0.4, -0.2) is 25.2 Å². The van der Waals surface area contributed by atoms with Gasteiger partial charge in [-0.2, -0.15) is 0 Å². The van der Waals surface area contributed by atoms with E-state index in [9.17, 15) is 13.2 Å². The molecule has 1 rings (SSSR count). The van der Waals surface area contributed by atoms with E-state index < -0.39 is 15.8 Å². The van der Waals surface area contributed by atoms with E-state index in [0.29, 0.717) is 6.42 Å². The van der Waals surface area contributed by atoms with Crippen LogP contribution in [0.4, 0.5) is 0 Å². The molecule has 94 valence electrons. The number of aromatic carboxylic acids is 1. The summed E-state index contributed by atoms with van der Waals surface area (Å²) in [6.07, 6.45) is 1.31. The summed E-state index contributed by atoms with van der Waals surface area (Å²) in [7, 11) is -3.42. The van der Waals surface area contributed by atoms with Gasteiger partial charge in [0.05, 0.1) is 21.2 Å². The number of carboxylic acid groups (broad SMARTS) is 1. The Balaban J connectivity index is 3.16. The van der Waals surface area contributed by atoms with Crippen molar-refractivity contribution in [2.24, 2.45) is 0 Å². The Hall–Kier alpha value is -1.07. The molecule has 4 nitrogen and oxygen atoms in total. The summed E-state index contributed by atoms with van der Waals surface area (Å²) in [6.45, 7) is 1.89. The first-order valence-corrected chi connectivity index (χ1v) is 7.17. The maximum Gasteiger partial charge on any atom is 0.337 e. The summed E-state index contributed by atoms with van der Waals surface area (Å²) in [4.78, 5) is 10.8. The zero-order chi connectivity index (χ0) is 13.1. The van der Waals surface area contributed by atoms with E-state index in [2.05, 4.69) is 0 Å². The van der Waals surface area contributed by atoms with Gasteiger partial charge in [0.1, 0.15) is 0 Å². The lowest BCUT2D eigenvalue weighted by Crippen LogP contribution is -2.08. The van der Waals surface area contributed by atoms with Crippen LogP contribution in [0.25, 0.3) is 0 Å². The van der Waals surface area contributed by atoms with Crippen LogP contribution in [0.2, 0.25) is 5.02 Å². The molecule has 0 saturated heterocycles. The lowest BCUT2D eigenvalue weighted by molar-refractivity contribution is 0.0697. The highest BCUT2D eigenvalue weighted by atomic mass is 35.5. The zero-order valence-electron chi connectivity index (χ0n) is 9.31. The van der Waals surface area contributed by atoms with Crippen molar-refractivity contribution in [1.82, 2.24) is 0 Å². The minimum atomic E-state index is -3.42. The van der Waals surface area contributed by atoms with Crippen molar-refractivity contribution in [2.75, 3.05) is 5.75 Å². The predicted molar refractivity (Wildman–Crippen MR) is 65.4 cm³/mol. The van der Waals surface area contributed by atoms with Gasteiger partial charge in [-0.15, -0.1) is 0 Å². The second-order valence-electron chi connectivity index (χ2n) is 3.62. The molecule has 0 saturated carbocycles. The Labute approximate surface area is 105 Å². The number of hydrogen-bond acceptors (Lipinski definition) is 3. The summed E-state index contributed by atoms with van der Waals surface area (Å²) in [5.41, 5.74) is -0.191. The minimum absolute atomic E-state index is 0.00718. The molecule has 0 radical (unpaired) electrons. The Morgan fingerprint density at radius 2 is 2.06 bits per heavy atom. The van der Waals surface area contributed by atoms with Gasteiger partial charge >= 0.3 is 5.97 Å². The van der Waals surface area contributed by atoms with Crippen molar-refractivity contribution in [2.45, 2.75) is 24.7 Å². The van der Waals surface area contributed by atoms with Gasteiger partial charge in [-0.25, -0.2) is 13.2 Å². The summed E-state index contributed by atoms with van der Waals surface area (Å²) in [5, 5.41) is 8.89. The van der Waals surface area contributed by atoms with Crippen LogP contribution < -0.4 is 0 Å². The molecule has 1 aromatic carbocycles. The highest BCUT2D eigenvalue weighted by molar-refractivity contribution is 7.91. The standard InChI is InChI=1S/C11H13ClO4S/c1-2-3-6-17(15,16)8-4-5-10(12)9(7-8)11(13)14/h4-5,7H,2-3,6H2,1H3,(H,13,14). The van der Waals surface area contributed by atoms with Crippen molar-refractivity contribution >= 4 is 27.4 Å². The molecule has 0 aliphatic carbocycles. The van der Waals surface area contributed by atoms with Crippen molar-refractivity contribution in [3.05, 3.63) is 28.8 Å². The van der Waals surface area contributed by atoms with Crippen LogP contribution in [-0.2, 0) is 9.84 Å². The molecular weight excluding hydrogens is 264 g/mol. The molecule has 0 spiro atoms. The molecule has 0 bridgehead atoms. The molecule has 0 aliphatic rings. The normalized spacial score (nSPS) is 11.4. The second-order valence-corrected chi connectivity index (χ2v) is 6.14. The molecule has 0 aromatic heterocycles. The van der Waals surface area contributed by atoms with Gasteiger partial charge in [0.15, 0.2) is 9.84 Å². The van der Waals surface area contributed by atoms with Crippen molar-refractivity contribution in [3.8, 4) is 0 Å². The molecule has 6 heteroatoms. The largest absolute Gasteiger partial charge is 0.478 e. The first-order valence-electron chi connectivity index (χ1n) is 5.14. The summed E-state index contributed by atoms with van der Waals surface area (Å²) < 4.78 is 23.7. The molecule has 0 unspecified atom stereocenters. The first kappa shape index (κ1) is 14.0. The summed E-state index contributed by atoms with van der Waals surface area (Å²) >= 11 is 5.67. The van der Waals surface area contributed by atoms with E-state index in [1.165, 1.54) is 12.1 Å². The number of hydrogen-bond donors (Lipinski definition) is 1. The zero-order valence-corrected chi connectivity index (χ0v) is 10.9. The molecule has 0 fully saturated rings. The Morgan fingerprint density at radius 3 is 2.59 bits per heavy atom. The lowest BCUT2D eigenvalue weighted by atomic mass is 10.2. The Kier molecular flexibility index (Phi) is 4.54. The van der Waals surface area contributed by atoms with Crippen LogP contribution >= 0.6 is 11.6 Å². The van der Waals surface area contributed by atoms with E-state index in [0.717, 1.165) is 12.5 Å². The fourth-order valence-corrected chi connectivity index (χ4v) is 2.99. The first-order chi connectivity index (χ1) is 7.88. The minimum Gasteiger partial charge on any atom is -0.478 e. The quantitative estimate of drug-likeness (QED) is 0.897. The lowest BCUT2D eigenvalue weighted by Gasteiger charge is -2.05. The van der Waals surface area contributed by atoms with Gasteiger partial charge in [0.2, 0.25) is 0 Å². The van der Waals surface area contributed by atoms with Crippen LogP contribution in [0.5, 0.6) is 0 Å². The number of unbranched alkanes of at least 4 members (excludes halogenated alkanes) is 1. The van der Waals surface area contributed by atoms with Crippen molar-refractivity contribution in [3.63, 3.8) is 0 Å². The smallest absolute Gasteiger partial charge is 0.337 e. The number of sulfone groups is 1. The second kappa shape index (κ2) is 5.51. The van der Waals surface area contributed by atoms with Gasteiger partial charge in [-0.3, -0.25) is 0 Å². The fraction of sp³-hybridized carbons (Fsp3) is 0.364. The van der Waals surface area contributed by atoms with E-state index in [-0.39, 0.29) is 21.2 Å². The van der Waals surface area contributed by atoms with E-state index in [4.69, 9.17) is 16.7 Å². The molecule has 17 heavy (non-hydrogen) atoms. The SMILES string of the molecule is CCCCS(=O)(=O)c1ccc(Cl)c(C(=O)O)c1. The average molecular weight is 277 g/mol. The number of halogens is 1. The highest BCUT2D eigenvalue weighted by Gasteiger charge is 2.17. The maximum atomic E-state index is 11.8. The van der Waals surface area contributed by atoms with Gasteiger partial charge in [-0.05, 0) is 24.6 Å². The van der Waals surface area contributed by atoms with E-state index >= 15 is 0 Å². The summed E-state index contributed by atoms with van der Waals surface area (Å²) in [6, 6.07) is 3.74. The molecule has 0 aliphatic heterocycles. The third kappa shape index (κ3) is 3.44. The predicted octanol–water partition coefficient (Wildman–Crippen LogP) is 2.61. The molecule has 1 N–H and O–H groups in total. The van der Waals surface area contributed by atoms with Crippen molar-refractivity contribution < 1.29 is 18.3 Å². The van der Waals surface area contributed by atoms with Crippen LogP contribution in [0.3, 0.4) is 0 Å². The molecule has 0 atom stereocenters. The molecule has 1 aromatic rings. The van der Waals surface area contributed by atoms with Crippen molar-refractivity contribution in [1.29, 1.82) is 0 Å². The highest BCUT2D eigenvalue weighted by Crippen LogP contribution is 2.21. The number of benzene rings is 1. The number of rotatable bonds is 5. The fourth-order valence-electron chi connectivity index (χ4n) is 1.31. The van der Waals surface area contributed by atoms with Crippen LogP contribution in [0.1, 0.15) is 30.1 Å². The monoisotopic (exact) mass is 276 g/mol.